The Morgan fingerprint density at radius 3 is 2.17 bits per heavy atom. The fraction of sp³-hybridized carbons (Fsp3) is 0.647. The number of rotatable bonds is 8. The molecule has 1 heteroatoms. The van der Waals surface area contributed by atoms with Crippen LogP contribution in [0.5, 0.6) is 0 Å². The van der Waals surface area contributed by atoms with Crippen LogP contribution >= 0.6 is 0 Å². The first-order valence-electron chi connectivity index (χ1n) is 7.32. The number of aliphatic hydroxyl groups is 1. The zero-order chi connectivity index (χ0) is 13.4. The van der Waals surface area contributed by atoms with E-state index in [2.05, 4.69) is 20.8 Å². The second kappa shape index (κ2) is 8.31. The molecule has 0 fully saturated rings. The largest absolute Gasteiger partial charge is 0.388 e. The second-order valence-electron chi connectivity index (χ2n) is 5.93. The van der Waals surface area contributed by atoms with E-state index in [0.717, 1.165) is 30.2 Å². The molecule has 0 spiro atoms. The molecule has 1 N–H and O–H groups in total. The first-order chi connectivity index (χ1) is 8.59. The van der Waals surface area contributed by atoms with Gasteiger partial charge in [0.25, 0.3) is 0 Å². The molecule has 1 nitrogen and oxygen atoms in total. The smallest absolute Gasteiger partial charge is 0.0790 e. The molecule has 0 bridgehead atoms. The fourth-order valence-corrected chi connectivity index (χ4v) is 2.30. The van der Waals surface area contributed by atoms with Gasteiger partial charge in [0, 0.05) is 0 Å². The van der Waals surface area contributed by atoms with Gasteiger partial charge in [-0.25, -0.2) is 0 Å². The molecule has 0 saturated heterocycles. The predicted octanol–water partition coefficient (Wildman–Crippen LogP) is 4.96. The van der Waals surface area contributed by atoms with Crippen LogP contribution in [-0.4, -0.2) is 5.11 Å². The SMILES string of the molecule is CC(C)CCC[C@@H](C)CC[C@H](O)c1ccccc1. The molecule has 0 saturated carbocycles. The summed E-state index contributed by atoms with van der Waals surface area (Å²) in [5.74, 6) is 1.54. The van der Waals surface area contributed by atoms with Gasteiger partial charge in [-0.05, 0) is 30.2 Å². The third-order valence-corrected chi connectivity index (χ3v) is 3.60. The Morgan fingerprint density at radius 2 is 1.56 bits per heavy atom. The maximum Gasteiger partial charge on any atom is 0.0790 e. The molecule has 2 atom stereocenters. The molecular formula is C17H28O. The summed E-state index contributed by atoms with van der Waals surface area (Å²) in [5.41, 5.74) is 1.05. The molecule has 0 aliphatic carbocycles. The molecule has 0 aliphatic rings. The molecule has 0 radical (unpaired) electrons. The monoisotopic (exact) mass is 248 g/mol. The Balaban J connectivity index is 2.20. The van der Waals surface area contributed by atoms with Gasteiger partial charge in [0.1, 0.15) is 0 Å². The van der Waals surface area contributed by atoms with Crippen LogP contribution < -0.4 is 0 Å². The van der Waals surface area contributed by atoms with Gasteiger partial charge >= 0.3 is 0 Å². The summed E-state index contributed by atoms with van der Waals surface area (Å²) in [4.78, 5) is 0. The minimum Gasteiger partial charge on any atom is -0.388 e. The van der Waals surface area contributed by atoms with Crippen LogP contribution in [-0.2, 0) is 0 Å². The third kappa shape index (κ3) is 6.20. The zero-order valence-electron chi connectivity index (χ0n) is 12.1. The first kappa shape index (κ1) is 15.2. The van der Waals surface area contributed by atoms with Crippen LogP contribution in [0.4, 0.5) is 0 Å². The van der Waals surface area contributed by atoms with Crippen molar-refractivity contribution in [1.29, 1.82) is 0 Å². The van der Waals surface area contributed by atoms with Gasteiger partial charge in [-0.3, -0.25) is 0 Å². The van der Waals surface area contributed by atoms with Gasteiger partial charge in [-0.2, -0.15) is 0 Å². The maximum atomic E-state index is 10.1. The molecule has 18 heavy (non-hydrogen) atoms. The van der Waals surface area contributed by atoms with Crippen LogP contribution in [0.25, 0.3) is 0 Å². The van der Waals surface area contributed by atoms with Crippen molar-refractivity contribution in [1.82, 2.24) is 0 Å². The molecule has 0 heterocycles. The fourth-order valence-electron chi connectivity index (χ4n) is 2.30. The number of hydrogen-bond donors (Lipinski definition) is 1. The number of hydrogen-bond acceptors (Lipinski definition) is 1. The van der Waals surface area contributed by atoms with Gasteiger partial charge in [0.05, 0.1) is 6.10 Å². The maximum absolute atomic E-state index is 10.1. The molecule has 1 rings (SSSR count). The summed E-state index contributed by atoms with van der Waals surface area (Å²) < 4.78 is 0. The van der Waals surface area contributed by atoms with Gasteiger partial charge in [0.2, 0.25) is 0 Å². The molecule has 0 aliphatic heterocycles. The standard InChI is InChI=1S/C17H28O/c1-14(2)8-7-9-15(3)12-13-17(18)16-10-5-4-6-11-16/h4-6,10-11,14-15,17-18H,7-9,12-13H2,1-3H3/t15-,17+/m1/s1. The van der Waals surface area contributed by atoms with Crippen LogP contribution in [0, 0.1) is 11.8 Å². The lowest BCUT2D eigenvalue weighted by Crippen LogP contribution is -2.02. The van der Waals surface area contributed by atoms with Crippen LogP contribution in [0.2, 0.25) is 0 Å². The van der Waals surface area contributed by atoms with E-state index >= 15 is 0 Å². The highest BCUT2D eigenvalue weighted by Crippen LogP contribution is 2.23. The number of aliphatic hydroxyl groups excluding tert-OH is 1. The summed E-state index contributed by atoms with van der Waals surface area (Å²) in [6.45, 7) is 6.87. The molecule has 0 amide bonds. The average Bonchev–Trinajstić information content (AvgIpc) is 2.36. The quantitative estimate of drug-likeness (QED) is 0.689. The number of benzene rings is 1. The Hall–Kier alpha value is -0.820. The lowest BCUT2D eigenvalue weighted by molar-refractivity contribution is 0.156. The van der Waals surface area contributed by atoms with E-state index in [-0.39, 0.29) is 6.10 Å². The van der Waals surface area contributed by atoms with E-state index in [1.54, 1.807) is 0 Å². The highest BCUT2D eigenvalue weighted by Gasteiger charge is 2.10. The Labute approximate surface area is 112 Å². The van der Waals surface area contributed by atoms with E-state index in [9.17, 15) is 5.11 Å². The van der Waals surface area contributed by atoms with Crippen LogP contribution in [0.15, 0.2) is 30.3 Å². The van der Waals surface area contributed by atoms with E-state index in [1.165, 1.54) is 19.3 Å². The predicted molar refractivity (Wildman–Crippen MR) is 78.5 cm³/mol. The topological polar surface area (TPSA) is 20.2 Å². The molecule has 0 aromatic heterocycles. The van der Waals surface area contributed by atoms with Crippen molar-refractivity contribution < 1.29 is 5.11 Å². The Kier molecular flexibility index (Phi) is 7.04. The summed E-state index contributed by atoms with van der Waals surface area (Å²) in [6.07, 6.45) is 5.64. The van der Waals surface area contributed by atoms with Crippen molar-refractivity contribution >= 4 is 0 Å². The van der Waals surface area contributed by atoms with Gasteiger partial charge in [-0.15, -0.1) is 0 Å². The molecular weight excluding hydrogens is 220 g/mol. The van der Waals surface area contributed by atoms with E-state index in [1.807, 2.05) is 30.3 Å². The molecule has 1 aromatic carbocycles. The van der Waals surface area contributed by atoms with Crippen LogP contribution in [0.3, 0.4) is 0 Å². The summed E-state index contributed by atoms with van der Waals surface area (Å²) in [7, 11) is 0. The summed E-state index contributed by atoms with van der Waals surface area (Å²) in [6, 6.07) is 9.99. The zero-order valence-corrected chi connectivity index (χ0v) is 12.1. The third-order valence-electron chi connectivity index (χ3n) is 3.60. The van der Waals surface area contributed by atoms with Crippen molar-refractivity contribution in [2.24, 2.45) is 11.8 Å². The Bertz CT molecular complexity index is 305. The van der Waals surface area contributed by atoms with Gasteiger partial charge in [-0.1, -0.05) is 70.4 Å². The van der Waals surface area contributed by atoms with E-state index in [0.29, 0.717) is 0 Å². The van der Waals surface area contributed by atoms with Crippen molar-refractivity contribution in [2.45, 2.75) is 59.0 Å². The van der Waals surface area contributed by atoms with Crippen molar-refractivity contribution in [3.8, 4) is 0 Å². The highest BCUT2D eigenvalue weighted by molar-refractivity contribution is 5.16. The average molecular weight is 248 g/mol. The van der Waals surface area contributed by atoms with Crippen LogP contribution in [0.1, 0.15) is 64.5 Å². The van der Waals surface area contributed by atoms with Crippen molar-refractivity contribution in [2.75, 3.05) is 0 Å². The molecule has 102 valence electrons. The second-order valence-corrected chi connectivity index (χ2v) is 5.93. The van der Waals surface area contributed by atoms with Crippen molar-refractivity contribution in [3.63, 3.8) is 0 Å². The lowest BCUT2D eigenvalue weighted by atomic mass is 9.93. The van der Waals surface area contributed by atoms with Gasteiger partial charge in [0.15, 0.2) is 0 Å². The minimum absolute atomic E-state index is 0.293. The normalized spacial score (nSPS) is 14.7. The Morgan fingerprint density at radius 1 is 0.889 bits per heavy atom. The highest BCUT2D eigenvalue weighted by atomic mass is 16.3. The summed E-state index contributed by atoms with van der Waals surface area (Å²) in [5, 5.41) is 10.1. The lowest BCUT2D eigenvalue weighted by Gasteiger charge is -2.15. The van der Waals surface area contributed by atoms with Crippen molar-refractivity contribution in [3.05, 3.63) is 35.9 Å². The minimum atomic E-state index is -0.293. The molecule has 0 unspecified atom stereocenters. The first-order valence-corrected chi connectivity index (χ1v) is 7.32. The van der Waals surface area contributed by atoms with E-state index < -0.39 is 0 Å². The molecule has 1 aromatic rings. The van der Waals surface area contributed by atoms with E-state index in [4.69, 9.17) is 0 Å². The summed E-state index contributed by atoms with van der Waals surface area (Å²) >= 11 is 0. The van der Waals surface area contributed by atoms with Gasteiger partial charge < -0.3 is 5.11 Å².